The highest BCUT2D eigenvalue weighted by molar-refractivity contribution is 7.92. The number of hydrogen-bond acceptors (Lipinski definition) is 4. The first-order chi connectivity index (χ1) is 10.5. The van der Waals surface area contributed by atoms with Gasteiger partial charge < -0.3 is 4.74 Å². The zero-order valence-electron chi connectivity index (χ0n) is 13.0. The lowest BCUT2D eigenvalue weighted by Gasteiger charge is -2.26. The third-order valence-electron chi connectivity index (χ3n) is 4.45. The van der Waals surface area contributed by atoms with Crippen molar-refractivity contribution in [2.45, 2.75) is 55.1 Å². The van der Waals surface area contributed by atoms with E-state index in [2.05, 4.69) is 0 Å². The lowest BCUT2D eigenvalue weighted by atomic mass is 9.85. The van der Waals surface area contributed by atoms with E-state index in [-0.39, 0.29) is 6.42 Å². The minimum atomic E-state index is -3.51. The molecule has 1 aliphatic rings. The number of carbonyl (C=O) groups is 1. The Hall–Kier alpha value is -1.36. The molecular formula is C17H24O4S. The van der Waals surface area contributed by atoms with Gasteiger partial charge in [0.2, 0.25) is 0 Å². The first kappa shape index (κ1) is 17.0. The lowest BCUT2D eigenvalue weighted by Crippen LogP contribution is -2.28. The lowest BCUT2D eigenvalue weighted by molar-refractivity contribution is -0.140. The summed E-state index contributed by atoms with van der Waals surface area (Å²) in [5, 5.41) is -0.689. The summed E-state index contributed by atoms with van der Waals surface area (Å²) in [4.78, 5) is 11.9. The van der Waals surface area contributed by atoms with Crippen molar-refractivity contribution in [3.8, 4) is 0 Å². The Bertz CT molecular complexity index is 574. The number of sulfone groups is 1. The van der Waals surface area contributed by atoms with E-state index in [1.165, 1.54) is 13.5 Å². The summed E-state index contributed by atoms with van der Waals surface area (Å²) in [6.45, 7) is 0. The van der Waals surface area contributed by atoms with E-state index in [4.69, 9.17) is 4.74 Å². The molecular weight excluding hydrogens is 300 g/mol. The second-order valence-electron chi connectivity index (χ2n) is 6.00. The van der Waals surface area contributed by atoms with Crippen LogP contribution in [0.25, 0.3) is 0 Å². The van der Waals surface area contributed by atoms with Gasteiger partial charge in [-0.2, -0.15) is 0 Å². The number of methoxy groups -OCH3 is 1. The molecule has 0 saturated heterocycles. The van der Waals surface area contributed by atoms with Gasteiger partial charge in [0, 0.05) is 0 Å². The Morgan fingerprint density at radius 3 is 2.41 bits per heavy atom. The van der Waals surface area contributed by atoms with Gasteiger partial charge in [-0.3, -0.25) is 4.79 Å². The molecule has 0 radical (unpaired) electrons. The van der Waals surface area contributed by atoms with E-state index in [9.17, 15) is 13.2 Å². The van der Waals surface area contributed by atoms with Crippen molar-refractivity contribution < 1.29 is 17.9 Å². The molecule has 0 N–H and O–H groups in total. The van der Waals surface area contributed by atoms with Crippen LogP contribution >= 0.6 is 0 Å². The SMILES string of the molecule is COC(=O)CC(CC1CCCCC1)S(=O)(=O)c1ccccc1. The molecule has 22 heavy (non-hydrogen) atoms. The third-order valence-corrected chi connectivity index (χ3v) is 6.62. The average Bonchev–Trinajstić information content (AvgIpc) is 2.56. The standard InChI is InChI=1S/C17H24O4S/c1-21-17(18)13-16(12-14-8-4-2-5-9-14)22(19,20)15-10-6-3-7-11-15/h3,6-7,10-11,14,16H,2,4-5,8-9,12-13H2,1H3. The van der Waals surface area contributed by atoms with Gasteiger partial charge in [0.05, 0.1) is 23.7 Å². The fourth-order valence-electron chi connectivity index (χ4n) is 3.19. The number of ether oxygens (including phenoxy) is 1. The maximum absolute atomic E-state index is 12.8. The zero-order chi connectivity index (χ0) is 16.0. The topological polar surface area (TPSA) is 60.4 Å². The van der Waals surface area contributed by atoms with E-state index in [1.54, 1.807) is 30.3 Å². The van der Waals surface area contributed by atoms with Crippen molar-refractivity contribution in [3.05, 3.63) is 30.3 Å². The van der Waals surface area contributed by atoms with E-state index in [1.807, 2.05) is 0 Å². The largest absolute Gasteiger partial charge is 0.469 e. The van der Waals surface area contributed by atoms with E-state index >= 15 is 0 Å². The summed E-state index contributed by atoms with van der Waals surface area (Å²) in [6, 6.07) is 8.40. The van der Waals surface area contributed by atoms with Gasteiger partial charge >= 0.3 is 5.97 Å². The van der Waals surface area contributed by atoms with Crippen molar-refractivity contribution in [2.24, 2.45) is 5.92 Å². The first-order valence-electron chi connectivity index (χ1n) is 7.90. The summed E-state index contributed by atoms with van der Waals surface area (Å²) >= 11 is 0. The molecule has 0 heterocycles. The van der Waals surface area contributed by atoms with Crippen LogP contribution in [-0.4, -0.2) is 26.7 Å². The first-order valence-corrected chi connectivity index (χ1v) is 9.44. The van der Waals surface area contributed by atoms with Crippen LogP contribution < -0.4 is 0 Å². The second-order valence-corrected chi connectivity index (χ2v) is 8.23. The molecule has 0 amide bonds. The average molecular weight is 324 g/mol. The van der Waals surface area contributed by atoms with Crippen molar-refractivity contribution in [1.29, 1.82) is 0 Å². The monoisotopic (exact) mass is 324 g/mol. The van der Waals surface area contributed by atoms with Crippen molar-refractivity contribution in [2.75, 3.05) is 7.11 Å². The van der Waals surface area contributed by atoms with Gasteiger partial charge in [0.25, 0.3) is 0 Å². The van der Waals surface area contributed by atoms with Crippen molar-refractivity contribution in [3.63, 3.8) is 0 Å². The van der Waals surface area contributed by atoms with E-state index < -0.39 is 21.1 Å². The number of esters is 1. The van der Waals surface area contributed by atoms with Crippen LogP contribution in [0, 0.1) is 5.92 Å². The molecule has 0 bridgehead atoms. The summed E-state index contributed by atoms with van der Waals surface area (Å²) in [5.74, 6) is -0.0674. The van der Waals surface area contributed by atoms with Gasteiger partial charge in [-0.05, 0) is 24.5 Å². The summed E-state index contributed by atoms with van der Waals surface area (Å²) in [6.07, 6.45) is 6.13. The fourth-order valence-corrected chi connectivity index (χ4v) is 4.99. The molecule has 0 aliphatic heterocycles. The fraction of sp³-hybridized carbons (Fsp3) is 0.588. The molecule has 1 aromatic carbocycles. The highest BCUT2D eigenvalue weighted by Gasteiger charge is 2.32. The number of carbonyl (C=O) groups excluding carboxylic acids is 1. The minimum Gasteiger partial charge on any atom is -0.469 e. The Labute approximate surface area is 132 Å². The maximum Gasteiger partial charge on any atom is 0.306 e. The molecule has 0 spiro atoms. The molecule has 1 fully saturated rings. The van der Waals surface area contributed by atoms with Crippen LogP contribution in [0.2, 0.25) is 0 Å². The number of benzene rings is 1. The summed E-state index contributed by atoms with van der Waals surface area (Å²) in [5.41, 5.74) is 0. The van der Waals surface area contributed by atoms with Gasteiger partial charge in [0.1, 0.15) is 0 Å². The van der Waals surface area contributed by atoms with Crippen LogP contribution in [-0.2, 0) is 19.4 Å². The second kappa shape index (κ2) is 7.77. The molecule has 1 saturated carbocycles. The highest BCUT2D eigenvalue weighted by atomic mass is 32.2. The van der Waals surface area contributed by atoms with E-state index in [0.29, 0.717) is 17.2 Å². The molecule has 1 aromatic rings. The molecule has 0 aromatic heterocycles. The van der Waals surface area contributed by atoms with Crippen LogP contribution in [0.3, 0.4) is 0 Å². The number of hydrogen-bond donors (Lipinski definition) is 0. The Morgan fingerprint density at radius 2 is 1.82 bits per heavy atom. The zero-order valence-corrected chi connectivity index (χ0v) is 13.8. The highest BCUT2D eigenvalue weighted by Crippen LogP contribution is 2.32. The summed E-state index contributed by atoms with van der Waals surface area (Å²) in [7, 11) is -2.21. The van der Waals surface area contributed by atoms with Crippen molar-refractivity contribution in [1.82, 2.24) is 0 Å². The normalized spacial score (nSPS) is 17.9. The molecule has 122 valence electrons. The molecule has 1 atom stereocenters. The smallest absolute Gasteiger partial charge is 0.306 e. The van der Waals surface area contributed by atoms with Gasteiger partial charge in [-0.25, -0.2) is 8.42 Å². The maximum atomic E-state index is 12.8. The Kier molecular flexibility index (Phi) is 6.00. The van der Waals surface area contributed by atoms with Crippen LogP contribution in [0.1, 0.15) is 44.9 Å². The van der Waals surface area contributed by atoms with Gasteiger partial charge in [-0.1, -0.05) is 50.3 Å². The quantitative estimate of drug-likeness (QED) is 0.753. The molecule has 1 aliphatic carbocycles. The van der Waals surface area contributed by atoms with E-state index in [0.717, 1.165) is 25.7 Å². The van der Waals surface area contributed by atoms with Crippen LogP contribution in [0.4, 0.5) is 0 Å². The molecule has 1 unspecified atom stereocenters. The predicted octanol–water partition coefficient (Wildman–Crippen LogP) is 3.36. The van der Waals surface area contributed by atoms with Gasteiger partial charge in [-0.15, -0.1) is 0 Å². The van der Waals surface area contributed by atoms with Crippen LogP contribution in [0.5, 0.6) is 0 Å². The minimum absolute atomic E-state index is 0.0653. The Balaban J connectivity index is 2.20. The Morgan fingerprint density at radius 1 is 1.18 bits per heavy atom. The predicted molar refractivity (Wildman–Crippen MR) is 85.2 cm³/mol. The van der Waals surface area contributed by atoms with Crippen LogP contribution in [0.15, 0.2) is 35.2 Å². The van der Waals surface area contributed by atoms with Crippen molar-refractivity contribution >= 4 is 15.8 Å². The van der Waals surface area contributed by atoms with Gasteiger partial charge in [0.15, 0.2) is 9.84 Å². The number of rotatable bonds is 6. The molecule has 4 nitrogen and oxygen atoms in total. The molecule has 5 heteroatoms. The third kappa shape index (κ3) is 4.32. The summed E-state index contributed by atoms with van der Waals surface area (Å²) < 4.78 is 30.4. The molecule has 2 rings (SSSR count).